The summed E-state index contributed by atoms with van der Waals surface area (Å²) in [4.78, 5) is 13.7. The molecule has 36 heavy (non-hydrogen) atoms. The molecule has 1 aromatic heterocycles. The molecule has 188 valence electrons. The lowest BCUT2D eigenvalue weighted by molar-refractivity contribution is -0.135. The Hall–Kier alpha value is -3.51. The highest BCUT2D eigenvalue weighted by molar-refractivity contribution is 5.89. The molecule has 0 fully saturated rings. The van der Waals surface area contributed by atoms with E-state index >= 15 is 0 Å². The SMILES string of the molecule is Cc1c(C)c2c(c(C)c1O)CCC(C)(C(=O)Cn1c(=N)n(Cc3ccccc3)c3ccccc31)O2.Cl. The van der Waals surface area contributed by atoms with E-state index in [0.717, 1.165) is 38.9 Å². The number of hydrogen-bond acceptors (Lipinski definition) is 4. The van der Waals surface area contributed by atoms with Gasteiger partial charge in [0.15, 0.2) is 11.4 Å². The number of fused-ring (bicyclic) bond motifs is 2. The minimum atomic E-state index is -1.00. The number of ketones is 1. The number of aromatic nitrogens is 2. The van der Waals surface area contributed by atoms with Crippen molar-refractivity contribution >= 4 is 29.2 Å². The summed E-state index contributed by atoms with van der Waals surface area (Å²) >= 11 is 0. The maximum atomic E-state index is 13.7. The number of Topliss-reactive ketones (excluding diaryl/α,β-unsaturated/α-hetero) is 1. The van der Waals surface area contributed by atoms with E-state index in [-0.39, 0.29) is 30.4 Å². The lowest BCUT2D eigenvalue weighted by Crippen LogP contribution is -2.47. The van der Waals surface area contributed by atoms with Crippen molar-refractivity contribution < 1.29 is 14.6 Å². The van der Waals surface area contributed by atoms with Crippen molar-refractivity contribution in [3.63, 3.8) is 0 Å². The van der Waals surface area contributed by atoms with Gasteiger partial charge in [-0.3, -0.25) is 10.2 Å². The van der Waals surface area contributed by atoms with Crippen LogP contribution in [0.1, 0.15) is 41.2 Å². The Morgan fingerprint density at radius 1 is 0.972 bits per heavy atom. The normalized spacial score (nSPS) is 16.8. The van der Waals surface area contributed by atoms with E-state index < -0.39 is 5.60 Å². The molecule has 1 aliphatic heterocycles. The number of nitrogens with zero attached hydrogens (tertiary/aromatic N) is 2. The number of benzene rings is 3. The van der Waals surface area contributed by atoms with E-state index in [4.69, 9.17) is 10.1 Å². The number of imidazole rings is 1. The number of para-hydroxylation sites is 2. The first-order valence-corrected chi connectivity index (χ1v) is 12.0. The molecular formula is C29H32ClN3O3. The topological polar surface area (TPSA) is 80.2 Å². The number of phenols is 1. The molecule has 5 rings (SSSR count). The lowest BCUT2D eigenvalue weighted by atomic mass is 9.85. The summed E-state index contributed by atoms with van der Waals surface area (Å²) in [7, 11) is 0. The van der Waals surface area contributed by atoms with Gasteiger partial charge in [0.2, 0.25) is 5.62 Å². The Bertz CT molecular complexity index is 1520. The monoisotopic (exact) mass is 505 g/mol. The summed E-state index contributed by atoms with van der Waals surface area (Å²) < 4.78 is 10.1. The number of hydrogen-bond donors (Lipinski definition) is 2. The molecule has 0 spiro atoms. The number of ether oxygens (including phenoxy) is 1. The van der Waals surface area contributed by atoms with Gasteiger partial charge in [-0.2, -0.15) is 0 Å². The zero-order chi connectivity index (χ0) is 24.9. The van der Waals surface area contributed by atoms with Gasteiger partial charge >= 0.3 is 0 Å². The summed E-state index contributed by atoms with van der Waals surface area (Å²) in [6.07, 6.45) is 1.18. The fourth-order valence-corrected chi connectivity index (χ4v) is 5.14. The van der Waals surface area contributed by atoms with Gasteiger partial charge in [-0.05, 0) is 74.9 Å². The smallest absolute Gasteiger partial charge is 0.203 e. The number of rotatable bonds is 5. The summed E-state index contributed by atoms with van der Waals surface area (Å²) in [5.74, 6) is 0.954. The van der Waals surface area contributed by atoms with Gasteiger partial charge in [0, 0.05) is 5.56 Å². The van der Waals surface area contributed by atoms with Crippen LogP contribution in [0.25, 0.3) is 11.0 Å². The maximum absolute atomic E-state index is 13.7. The van der Waals surface area contributed by atoms with Gasteiger partial charge in [0.25, 0.3) is 0 Å². The van der Waals surface area contributed by atoms with E-state index in [0.29, 0.717) is 30.9 Å². The molecule has 0 amide bonds. The van der Waals surface area contributed by atoms with Crippen LogP contribution in [-0.2, 0) is 24.3 Å². The Morgan fingerprint density at radius 2 is 1.58 bits per heavy atom. The molecule has 2 N–H and O–H groups in total. The van der Waals surface area contributed by atoms with Crippen LogP contribution in [0.4, 0.5) is 0 Å². The minimum absolute atomic E-state index is 0. The van der Waals surface area contributed by atoms with Crippen LogP contribution < -0.4 is 10.4 Å². The third-order valence-corrected chi connectivity index (χ3v) is 7.57. The zero-order valence-corrected chi connectivity index (χ0v) is 21.9. The molecule has 0 aliphatic carbocycles. The highest BCUT2D eigenvalue weighted by Gasteiger charge is 2.40. The summed E-state index contributed by atoms with van der Waals surface area (Å²) in [6, 6.07) is 17.9. The van der Waals surface area contributed by atoms with Crippen molar-refractivity contribution in [2.24, 2.45) is 0 Å². The van der Waals surface area contributed by atoms with Crippen molar-refractivity contribution in [1.82, 2.24) is 9.13 Å². The van der Waals surface area contributed by atoms with Gasteiger partial charge in [-0.1, -0.05) is 42.5 Å². The van der Waals surface area contributed by atoms with Crippen LogP contribution >= 0.6 is 12.4 Å². The molecule has 6 nitrogen and oxygen atoms in total. The Labute approximate surface area is 217 Å². The molecule has 1 atom stereocenters. The summed E-state index contributed by atoms with van der Waals surface area (Å²) in [5, 5.41) is 19.4. The van der Waals surface area contributed by atoms with Gasteiger partial charge in [-0.15, -0.1) is 12.4 Å². The fraction of sp³-hybridized carbons (Fsp3) is 0.310. The molecule has 2 heterocycles. The Balaban J connectivity index is 0.00000304. The first-order chi connectivity index (χ1) is 16.7. The lowest BCUT2D eigenvalue weighted by Gasteiger charge is -2.36. The molecule has 0 saturated heterocycles. The molecule has 4 aromatic rings. The minimum Gasteiger partial charge on any atom is -0.507 e. The van der Waals surface area contributed by atoms with E-state index in [2.05, 4.69) is 0 Å². The highest BCUT2D eigenvalue weighted by Crippen LogP contribution is 2.43. The number of halogens is 1. The van der Waals surface area contributed by atoms with Crippen LogP contribution in [0.15, 0.2) is 54.6 Å². The molecular weight excluding hydrogens is 474 g/mol. The van der Waals surface area contributed by atoms with Crippen LogP contribution in [0.3, 0.4) is 0 Å². The van der Waals surface area contributed by atoms with Gasteiger partial charge < -0.3 is 19.0 Å². The van der Waals surface area contributed by atoms with Crippen LogP contribution in [0, 0.1) is 26.2 Å². The number of phenolic OH excluding ortho intramolecular Hbond substituents is 1. The molecule has 1 aliphatic rings. The van der Waals surface area contributed by atoms with Crippen LogP contribution in [-0.4, -0.2) is 25.6 Å². The van der Waals surface area contributed by atoms with E-state index in [1.807, 2.05) is 86.9 Å². The first-order valence-electron chi connectivity index (χ1n) is 12.0. The molecule has 7 heteroatoms. The van der Waals surface area contributed by atoms with E-state index in [1.165, 1.54) is 0 Å². The molecule has 3 aromatic carbocycles. The predicted octanol–water partition coefficient (Wildman–Crippen LogP) is 5.38. The maximum Gasteiger partial charge on any atom is 0.203 e. The number of carbonyl (C=O) groups is 1. The average molecular weight is 506 g/mol. The average Bonchev–Trinajstić information content (AvgIpc) is 3.12. The number of nitrogens with one attached hydrogen (secondary N) is 1. The van der Waals surface area contributed by atoms with Crippen LogP contribution in [0.2, 0.25) is 0 Å². The second-order valence-electron chi connectivity index (χ2n) is 9.76. The molecule has 0 radical (unpaired) electrons. The van der Waals surface area contributed by atoms with Crippen molar-refractivity contribution in [1.29, 1.82) is 5.41 Å². The first kappa shape index (κ1) is 25.6. The molecule has 1 unspecified atom stereocenters. The van der Waals surface area contributed by atoms with Crippen LogP contribution in [0.5, 0.6) is 11.5 Å². The number of aromatic hydroxyl groups is 1. The van der Waals surface area contributed by atoms with Gasteiger partial charge in [-0.25, -0.2) is 0 Å². The molecule has 0 saturated carbocycles. The third kappa shape index (κ3) is 4.09. The van der Waals surface area contributed by atoms with Crippen molar-refractivity contribution in [3.8, 4) is 11.5 Å². The largest absolute Gasteiger partial charge is 0.507 e. The van der Waals surface area contributed by atoms with Crippen molar-refractivity contribution in [3.05, 3.63) is 88.0 Å². The van der Waals surface area contributed by atoms with E-state index in [1.54, 1.807) is 4.57 Å². The predicted molar refractivity (Wildman–Crippen MR) is 143 cm³/mol. The summed E-state index contributed by atoms with van der Waals surface area (Å²) in [5.41, 5.74) is 5.62. The zero-order valence-electron chi connectivity index (χ0n) is 21.1. The summed E-state index contributed by atoms with van der Waals surface area (Å²) in [6.45, 7) is 8.17. The van der Waals surface area contributed by atoms with Crippen molar-refractivity contribution in [2.45, 2.75) is 59.2 Å². The quantitative estimate of drug-likeness (QED) is 0.382. The number of carbonyl (C=O) groups excluding carboxylic acids is 1. The second-order valence-corrected chi connectivity index (χ2v) is 9.76. The van der Waals surface area contributed by atoms with Gasteiger partial charge in [0.1, 0.15) is 11.5 Å². The standard InChI is InChI=1S/C29H31N3O3.ClH/c1-18-19(2)27-22(20(3)26(18)34)14-15-29(4,35-27)25(33)17-32-24-13-9-8-12-23(24)31(28(32)30)16-21-10-6-5-7-11-21;/h5-13,30,34H,14-17H2,1-4H3;1H. The fourth-order valence-electron chi connectivity index (χ4n) is 5.14. The van der Waals surface area contributed by atoms with E-state index in [9.17, 15) is 9.90 Å². The Kier molecular flexibility index (Phi) is 6.76. The second kappa shape index (κ2) is 9.51. The Morgan fingerprint density at radius 3 is 2.25 bits per heavy atom. The van der Waals surface area contributed by atoms with Crippen molar-refractivity contribution in [2.75, 3.05) is 0 Å². The highest BCUT2D eigenvalue weighted by atomic mass is 35.5. The van der Waals surface area contributed by atoms with Gasteiger partial charge in [0.05, 0.1) is 24.1 Å². The third-order valence-electron chi connectivity index (χ3n) is 7.57. The molecule has 0 bridgehead atoms.